The summed E-state index contributed by atoms with van der Waals surface area (Å²) in [5.74, 6) is 0.414. The van der Waals surface area contributed by atoms with Gasteiger partial charge in [-0.3, -0.25) is 4.79 Å². The number of aromatic nitrogens is 4. The third kappa shape index (κ3) is 4.10. The van der Waals surface area contributed by atoms with Crippen LogP contribution in [0.25, 0.3) is 11.4 Å². The third-order valence-electron chi connectivity index (χ3n) is 5.39. The van der Waals surface area contributed by atoms with Crippen molar-refractivity contribution in [1.29, 1.82) is 0 Å². The van der Waals surface area contributed by atoms with Crippen molar-refractivity contribution in [2.75, 3.05) is 31.1 Å². The Morgan fingerprint density at radius 3 is 2.55 bits per heavy atom. The van der Waals surface area contributed by atoms with Crippen molar-refractivity contribution < 1.29 is 4.79 Å². The summed E-state index contributed by atoms with van der Waals surface area (Å²) >= 11 is 6.18. The molecule has 1 aliphatic heterocycles. The number of carbonyl (C=O) groups excluding carboxylic acids is 1. The Balaban J connectivity index is 1.37. The zero-order chi connectivity index (χ0) is 20.4. The normalized spacial score (nSPS) is 14.3. The molecule has 1 aliphatic rings. The minimum Gasteiger partial charge on any atom is -0.368 e. The van der Waals surface area contributed by atoms with Crippen LogP contribution in [-0.4, -0.2) is 57.2 Å². The number of hydrogen-bond acceptors (Lipinski definition) is 5. The molecule has 0 spiro atoms. The monoisotopic (exact) mass is 410 g/mol. The number of piperazine rings is 1. The molecule has 2 heterocycles. The summed E-state index contributed by atoms with van der Waals surface area (Å²) in [6, 6.07) is 13.7. The van der Waals surface area contributed by atoms with E-state index >= 15 is 0 Å². The highest BCUT2D eigenvalue weighted by Gasteiger charge is 2.23. The molecule has 0 N–H and O–H groups in total. The zero-order valence-electron chi connectivity index (χ0n) is 16.5. The maximum absolute atomic E-state index is 12.7. The SMILES string of the molecule is Cc1cccc(N2CCN(C(=O)Cn3nnc(-c4ccccc4Cl)n3)CC2)c1C. The number of hydrogen-bond donors (Lipinski definition) is 0. The average molecular weight is 411 g/mol. The molecule has 1 aromatic heterocycles. The molecular weight excluding hydrogens is 388 g/mol. The molecule has 0 aliphatic carbocycles. The van der Waals surface area contributed by atoms with E-state index < -0.39 is 0 Å². The summed E-state index contributed by atoms with van der Waals surface area (Å²) in [7, 11) is 0. The number of benzene rings is 2. The lowest BCUT2D eigenvalue weighted by Crippen LogP contribution is -2.50. The van der Waals surface area contributed by atoms with Gasteiger partial charge in [0.2, 0.25) is 11.7 Å². The summed E-state index contributed by atoms with van der Waals surface area (Å²) in [5.41, 5.74) is 4.54. The van der Waals surface area contributed by atoms with Gasteiger partial charge < -0.3 is 9.80 Å². The summed E-state index contributed by atoms with van der Waals surface area (Å²) in [5, 5.41) is 12.9. The summed E-state index contributed by atoms with van der Waals surface area (Å²) in [6.07, 6.45) is 0. The van der Waals surface area contributed by atoms with Crippen molar-refractivity contribution in [2.45, 2.75) is 20.4 Å². The van der Waals surface area contributed by atoms with E-state index in [2.05, 4.69) is 52.4 Å². The molecule has 7 nitrogen and oxygen atoms in total. The van der Waals surface area contributed by atoms with Crippen LogP contribution in [0.3, 0.4) is 0 Å². The molecule has 0 radical (unpaired) electrons. The average Bonchev–Trinajstić information content (AvgIpc) is 3.19. The molecule has 3 aromatic rings. The molecule has 4 rings (SSSR count). The third-order valence-corrected chi connectivity index (χ3v) is 5.72. The number of carbonyl (C=O) groups is 1. The summed E-state index contributed by atoms with van der Waals surface area (Å²) in [4.78, 5) is 18.2. The highest BCUT2D eigenvalue weighted by molar-refractivity contribution is 6.33. The van der Waals surface area contributed by atoms with Gasteiger partial charge in [-0.05, 0) is 48.4 Å². The largest absolute Gasteiger partial charge is 0.368 e. The lowest BCUT2D eigenvalue weighted by molar-refractivity contribution is -0.132. The van der Waals surface area contributed by atoms with Crippen LogP contribution in [0.1, 0.15) is 11.1 Å². The zero-order valence-corrected chi connectivity index (χ0v) is 17.3. The van der Waals surface area contributed by atoms with Gasteiger partial charge in [0.05, 0.1) is 5.02 Å². The van der Waals surface area contributed by atoms with Gasteiger partial charge in [-0.25, -0.2) is 0 Å². The Kier molecular flexibility index (Phi) is 5.49. The molecule has 1 fully saturated rings. The predicted molar refractivity (Wildman–Crippen MR) is 113 cm³/mol. The number of tetrazole rings is 1. The lowest BCUT2D eigenvalue weighted by atomic mass is 10.1. The van der Waals surface area contributed by atoms with Crippen molar-refractivity contribution in [2.24, 2.45) is 0 Å². The fraction of sp³-hybridized carbons (Fsp3) is 0.333. The van der Waals surface area contributed by atoms with E-state index in [0.29, 0.717) is 29.5 Å². The predicted octanol–water partition coefficient (Wildman–Crippen LogP) is 2.96. The lowest BCUT2D eigenvalue weighted by Gasteiger charge is -2.37. The van der Waals surface area contributed by atoms with Crippen molar-refractivity contribution in [3.63, 3.8) is 0 Å². The first-order valence-electron chi connectivity index (χ1n) is 9.64. The molecule has 150 valence electrons. The summed E-state index contributed by atoms with van der Waals surface area (Å²) < 4.78 is 0. The second-order valence-corrected chi connectivity index (χ2v) is 7.62. The van der Waals surface area contributed by atoms with E-state index in [4.69, 9.17) is 11.6 Å². The van der Waals surface area contributed by atoms with E-state index in [1.807, 2.05) is 23.1 Å². The van der Waals surface area contributed by atoms with Gasteiger partial charge in [0.25, 0.3) is 0 Å². The van der Waals surface area contributed by atoms with Crippen LogP contribution in [0.5, 0.6) is 0 Å². The van der Waals surface area contributed by atoms with Gasteiger partial charge in [-0.2, -0.15) is 4.80 Å². The number of anilines is 1. The van der Waals surface area contributed by atoms with Gasteiger partial charge in [-0.15, -0.1) is 10.2 Å². The first-order valence-corrected chi connectivity index (χ1v) is 10.0. The van der Waals surface area contributed by atoms with Gasteiger partial charge in [0.1, 0.15) is 6.54 Å². The minimum atomic E-state index is -0.00581. The number of aryl methyl sites for hydroxylation is 1. The van der Waals surface area contributed by atoms with E-state index in [1.54, 1.807) is 6.07 Å². The number of amides is 1. The van der Waals surface area contributed by atoms with Crippen LogP contribution in [0.2, 0.25) is 5.02 Å². The fourth-order valence-electron chi connectivity index (χ4n) is 3.56. The highest BCUT2D eigenvalue weighted by atomic mass is 35.5. The van der Waals surface area contributed by atoms with Crippen LogP contribution in [0.15, 0.2) is 42.5 Å². The maximum Gasteiger partial charge on any atom is 0.246 e. The minimum absolute atomic E-state index is 0.00581. The topological polar surface area (TPSA) is 67.2 Å². The van der Waals surface area contributed by atoms with Crippen molar-refractivity contribution in [3.05, 3.63) is 58.6 Å². The molecule has 2 aromatic carbocycles. The van der Waals surface area contributed by atoms with Gasteiger partial charge >= 0.3 is 0 Å². The standard InChI is InChI=1S/C21H23ClN6O/c1-15-6-5-9-19(16(15)2)26-10-12-27(13-11-26)20(29)14-28-24-21(23-25-28)17-7-3-4-8-18(17)22/h3-9H,10-14H2,1-2H3. The Bertz CT molecular complexity index is 1030. The van der Waals surface area contributed by atoms with E-state index in [9.17, 15) is 4.79 Å². The molecule has 0 bridgehead atoms. The van der Waals surface area contributed by atoms with Crippen LogP contribution in [0.4, 0.5) is 5.69 Å². The number of nitrogens with zero attached hydrogens (tertiary/aromatic N) is 6. The molecule has 8 heteroatoms. The van der Waals surface area contributed by atoms with Crippen LogP contribution < -0.4 is 4.90 Å². The van der Waals surface area contributed by atoms with Crippen LogP contribution in [0, 0.1) is 13.8 Å². The Morgan fingerprint density at radius 2 is 1.79 bits per heavy atom. The highest BCUT2D eigenvalue weighted by Crippen LogP contribution is 2.25. The molecule has 0 unspecified atom stereocenters. The molecule has 1 amide bonds. The van der Waals surface area contributed by atoms with E-state index in [0.717, 1.165) is 13.1 Å². The number of halogens is 1. The fourth-order valence-corrected chi connectivity index (χ4v) is 3.78. The first-order chi connectivity index (χ1) is 14.0. The maximum atomic E-state index is 12.7. The quantitative estimate of drug-likeness (QED) is 0.661. The Morgan fingerprint density at radius 1 is 1.03 bits per heavy atom. The van der Waals surface area contributed by atoms with Crippen molar-refractivity contribution >= 4 is 23.2 Å². The van der Waals surface area contributed by atoms with Gasteiger partial charge in [0, 0.05) is 37.4 Å². The number of rotatable bonds is 4. The Labute approximate surface area is 174 Å². The molecular formula is C21H23ClN6O. The molecule has 0 atom stereocenters. The smallest absolute Gasteiger partial charge is 0.246 e. The van der Waals surface area contributed by atoms with Gasteiger partial charge in [0.15, 0.2) is 0 Å². The first kappa shape index (κ1) is 19.4. The summed E-state index contributed by atoms with van der Waals surface area (Å²) in [6.45, 7) is 7.32. The van der Waals surface area contributed by atoms with Crippen molar-refractivity contribution in [3.8, 4) is 11.4 Å². The van der Waals surface area contributed by atoms with E-state index in [-0.39, 0.29) is 12.5 Å². The second kappa shape index (κ2) is 8.21. The second-order valence-electron chi connectivity index (χ2n) is 7.21. The van der Waals surface area contributed by atoms with Crippen LogP contribution >= 0.6 is 11.6 Å². The van der Waals surface area contributed by atoms with Gasteiger partial charge in [-0.1, -0.05) is 35.9 Å². The Hall–Kier alpha value is -2.93. The molecule has 29 heavy (non-hydrogen) atoms. The molecule has 0 saturated carbocycles. The van der Waals surface area contributed by atoms with E-state index in [1.165, 1.54) is 21.6 Å². The molecule has 1 saturated heterocycles. The van der Waals surface area contributed by atoms with Crippen molar-refractivity contribution in [1.82, 2.24) is 25.1 Å². The van der Waals surface area contributed by atoms with Crippen LogP contribution in [-0.2, 0) is 11.3 Å².